The molecule has 5 atom stereocenters. The number of aliphatic hydroxyl groups excluding tert-OH is 1. The second kappa shape index (κ2) is 10.0. The summed E-state index contributed by atoms with van der Waals surface area (Å²) in [6, 6.07) is 0. The molecule has 1 unspecified atom stereocenters. The van der Waals surface area contributed by atoms with E-state index in [4.69, 9.17) is 8.92 Å². The lowest BCUT2D eigenvalue weighted by molar-refractivity contribution is -0.186. The highest BCUT2D eigenvalue weighted by atomic mass is 32.2. The van der Waals surface area contributed by atoms with Gasteiger partial charge in [-0.1, -0.05) is 55.4 Å². The molecule has 0 amide bonds. The average molecular weight is 555 g/mol. The van der Waals surface area contributed by atoms with Crippen LogP contribution in [-0.2, 0) is 23.8 Å². The van der Waals surface area contributed by atoms with Crippen molar-refractivity contribution in [1.29, 1.82) is 0 Å². The van der Waals surface area contributed by atoms with Crippen LogP contribution < -0.4 is 0 Å². The molecule has 0 saturated heterocycles. The maximum atomic E-state index is 13.1. The van der Waals surface area contributed by atoms with Crippen LogP contribution in [0.3, 0.4) is 0 Å². The Balaban J connectivity index is 2.39. The Morgan fingerprint density at radius 3 is 2.24 bits per heavy atom. The fraction of sp³-hybridized carbons (Fsp3) is 0.889. The van der Waals surface area contributed by atoms with E-state index in [-0.39, 0.29) is 17.8 Å². The van der Waals surface area contributed by atoms with Crippen molar-refractivity contribution in [2.45, 2.75) is 125 Å². The summed E-state index contributed by atoms with van der Waals surface area (Å²) < 4.78 is 73.3. The van der Waals surface area contributed by atoms with Crippen LogP contribution in [0.25, 0.3) is 0 Å². The number of rotatable bonds is 9. The van der Waals surface area contributed by atoms with Crippen LogP contribution in [0.4, 0.5) is 13.2 Å². The summed E-state index contributed by atoms with van der Waals surface area (Å²) in [7, 11) is -5.78. The summed E-state index contributed by atoms with van der Waals surface area (Å²) in [6.45, 7) is 17.2. The predicted octanol–water partition coefficient (Wildman–Crippen LogP) is 6.88. The highest BCUT2D eigenvalue weighted by Gasteiger charge is 2.60. The quantitative estimate of drug-likeness (QED) is 0.190. The maximum absolute atomic E-state index is 13.1. The highest BCUT2D eigenvalue weighted by molar-refractivity contribution is 7.87. The maximum Gasteiger partial charge on any atom is 0.534 e. The molecule has 37 heavy (non-hydrogen) atoms. The minimum Gasteiger partial charge on any atom is -0.463 e. The molecule has 2 rings (SSSR count). The molecule has 1 saturated carbocycles. The van der Waals surface area contributed by atoms with Gasteiger partial charge in [0.15, 0.2) is 0 Å². The van der Waals surface area contributed by atoms with E-state index in [0.717, 1.165) is 0 Å². The Labute approximate surface area is 220 Å². The SMILES string of the molecule is CCC(O)[C@@]1(C)C[C@@H](OC(C)=O)CC[C@]1(C)C(C)(C)CC[C@]1(C)C(OS(=O)(=O)C(F)(F)F)=CCC1(C)C. The topological polar surface area (TPSA) is 89.9 Å². The number of carbonyl (C=O) groups excluding carboxylic acids is 1. The van der Waals surface area contributed by atoms with E-state index >= 15 is 0 Å². The molecule has 1 fully saturated rings. The molecular formula is C27H45F3O6S. The highest BCUT2D eigenvalue weighted by Crippen LogP contribution is 2.65. The lowest BCUT2D eigenvalue weighted by Gasteiger charge is -2.61. The zero-order valence-electron chi connectivity index (χ0n) is 23.7. The standard InChI is InChI=1S/C27H45F3O6S/c1-10-20(32)25(8)17-19(35-18(2)31)11-14-26(25,9)23(5,6)15-16-24(7)21(12-13-22(24,3)4)36-37(33,34)27(28,29)30/h12,19-20,32H,10-11,13-17H2,1-9H3/t19-,20?,24+,25+,26+/m0/s1. The second-order valence-corrected chi connectivity index (χ2v) is 14.5. The van der Waals surface area contributed by atoms with E-state index in [2.05, 4.69) is 20.8 Å². The summed E-state index contributed by atoms with van der Waals surface area (Å²) in [6.07, 6.45) is 4.22. The lowest BCUT2D eigenvalue weighted by atomic mass is 9.44. The molecule has 1 N–H and O–H groups in total. The largest absolute Gasteiger partial charge is 0.534 e. The van der Waals surface area contributed by atoms with Crippen LogP contribution >= 0.6 is 0 Å². The number of carbonyl (C=O) groups is 1. The molecule has 0 radical (unpaired) electrons. The molecule has 0 heterocycles. The van der Waals surface area contributed by atoms with Gasteiger partial charge in [0.25, 0.3) is 0 Å². The number of ether oxygens (including phenoxy) is 1. The van der Waals surface area contributed by atoms with Crippen molar-refractivity contribution in [3.63, 3.8) is 0 Å². The summed E-state index contributed by atoms with van der Waals surface area (Å²) in [5, 5.41) is 11.2. The Kier molecular flexibility index (Phi) is 8.65. The van der Waals surface area contributed by atoms with E-state index < -0.39 is 48.8 Å². The minimum atomic E-state index is -5.78. The number of halogens is 3. The van der Waals surface area contributed by atoms with Gasteiger partial charge in [0, 0.05) is 17.8 Å². The number of hydrogen-bond acceptors (Lipinski definition) is 6. The van der Waals surface area contributed by atoms with Gasteiger partial charge in [0.05, 0.1) is 6.10 Å². The molecule has 0 aromatic carbocycles. The monoisotopic (exact) mass is 554 g/mol. The molecule has 0 bridgehead atoms. The molecule has 2 aliphatic carbocycles. The van der Waals surface area contributed by atoms with Gasteiger partial charge in [-0.3, -0.25) is 4.79 Å². The van der Waals surface area contributed by atoms with Gasteiger partial charge < -0.3 is 14.0 Å². The summed E-state index contributed by atoms with van der Waals surface area (Å²) in [5.41, 5.74) is -8.40. The molecule has 0 aromatic heterocycles. The van der Waals surface area contributed by atoms with E-state index in [9.17, 15) is 31.5 Å². The van der Waals surface area contributed by atoms with Gasteiger partial charge >= 0.3 is 21.6 Å². The molecule has 0 aromatic rings. The first kappa shape index (κ1) is 31.9. The van der Waals surface area contributed by atoms with Crippen LogP contribution in [0, 0.1) is 27.1 Å². The van der Waals surface area contributed by atoms with Gasteiger partial charge in [0.1, 0.15) is 11.9 Å². The smallest absolute Gasteiger partial charge is 0.463 e. The van der Waals surface area contributed by atoms with E-state index in [0.29, 0.717) is 44.9 Å². The van der Waals surface area contributed by atoms with Crippen molar-refractivity contribution in [2.75, 3.05) is 0 Å². The Morgan fingerprint density at radius 1 is 1.19 bits per heavy atom. The molecule has 0 aliphatic heterocycles. The van der Waals surface area contributed by atoms with Gasteiger partial charge in [-0.25, -0.2) is 0 Å². The fourth-order valence-corrected chi connectivity index (χ4v) is 7.24. The average Bonchev–Trinajstić information content (AvgIpc) is 2.96. The van der Waals surface area contributed by atoms with Crippen molar-refractivity contribution in [3.8, 4) is 0 Å². The first-order valence-electron chi connectivity index (χ1n) is 13.1. The van der Waals surface area contributed by atoms with E-state index in [1.165, 1.54) is 13.0 Å². The summed E-state index contributed by atoms with van der Waals surface area (Å²) >= 11 is 0. The van der Waals surface area contributed by atoms with Crippen LogP contribution in [-0.4, -0.2) is 37.2 Å². The van der Waals surface area contributed by atoms with E-state index in [1.54, 1.807) is 6.92 Å². The number of esters is 1. The zero-order chi connectivity index (χ0) is 28.9. The zero-order valence-corrected chi connectivity index (χ0v) is 24.5. The van der Waals surface area contributed by atoms with Crippen LogP contribution in [0.5, 0.6) is 0 Å². The number of hydrogen-bond donors (Lipinski definition) is 1. The molecule has 0 spiro atoms. The fourth-order valence-electron chi connectivity index (χ4n) is 6.66. The van der Waals surface area contributed by atoms with Crippen molar-refractivity contribution in [3.05, 3.63) is 11.8 Å². The van der Waals surface area contributed by atoms with Gasteiger partial charge in [-0.05, 0) is 67.3 Å². The molecular weight excluding hydrogens is 509 g/mol. The first-order valence-corrected chi connectivity index (χ1v) is 14.5. The molecule has 2 aliphatic rings. The number of allylic oxidation sites excluding steroid dienone is 2. The van der Waals surface area contributed by atoms with Crippen LogP contribution in [0.2, 0.25) is 0 Å². The first-order chi connectivity index (χ1) is 16.5. The normalized spacial score (nSPS) is 33.5. The van der Waals surface area contributed by atoms with Crippen molar-refractivity contribution < 1.29 is 40.4 Å². The minimum absolute atomic E-state index is 0.161. The van der Waals surface area contributed by atoms with Crippen LogP contribution in [0.15, 0.2) is 11.8 Å². The summed E-state index contributed by atoms with van der Waals surface area (Å²) in [4.78, 5) is 11.6. The van der Waals surface area contributed by atoms with Crippen molar-refractivity contribution in [1.82, 2.24) is 0 Å². The summed E-state index contributed by atoms with van der Waals surface area (Å²) in [5.74, 6) is -0.517. The molecule has 6 nitrogen and oxygen atoms in total. The Hall–Kier alpha value is -1.29. The van der Waals surface area contributed by atoms with Gasteiger partial charge in [0.2, 0.25) is 0 Å². The van der Waals surface area contributed by atoms with Gasteiger partial charge in [-0.2, -0.15) is 21.6 Å². The second-order valence-electron chi connectivity index (χ2n) is 13.0. The molecule has 216 valence electrons. The van der Waals surface area contributed by atoms with Crippen LogP contribution in [0.1, 0.15) is 107 Å². The lowest BCUT2D eigenvalue weighted by Crippen LogP contribution is -2.58. The molecule has 10 heteroatoms. The Morgan fingerprint density at radius 2 is 1.76 bits per heavy atom. The third-order valence-electron chi connectivity index (χ3n) is 10.4. The third-order valence-corrected chi connectivity index (χ3v) is 11.4. The van der Waals surface area contributed by atoms with Crippen molar-refractivity contribution in [2.24, 2.45) is 27.1 Å². The number of aliphatic hydroxyl groups is 1. The van der Waals surface area contributed by atoms with Crippen molar-refractivity contribution >= 4 is 16.1 Å². The Bertz CT molecular complexity index is 1000. The third kappa shape index (κ3) is 5.56. The number of alkyl halides is 3. The van der Waals surface area contributed by atoms with Gasteiger partial charge in [-0.15, -0.1) is 0 Å². The predicted molar refractivity (Wildman–Crippen MR) is 136 cm³/mol. The van der Waals surface area contributed by atoms with E-state index in [1.807, 2.05) is 27.7 Å².